The minimum atomic E-state index is -0.488. The number of nitrogens with zero attached hydrogens (tertiary/aromatic N) is 1. The summed E-state index contributed by atoms with van der Waals surface area (Å²) in [6, 6.07) is 10.0. The summed E-state index contributed by atoms with van der Waals surface area (Å²) in [5, 5.41) is 0. The summed E-state index contributed by atoms with van der Waals surface area (Å²) < 4.78 is 12.6. The van der Waals surface area contributed by atoms with Gasteiger partial charge in [0.05, 0.1) is 0 Å². The quantitative estimate of drug-likeness (QED) is 0.819. The van der Waals surface area contributed by atoms with Gasteiger partial charge in [0.25, 0.3) is 0 Å². The smallest absolute Gasteiger partial charge is 0.248 e. The zero-order valence-electron chi connectivity index (χ0n) is 9.06. The molecular formula is C13H11FN2O. The number of benzene rings is 1. The van der Waals surface area contributed by atoms with Crippen molar-refractivity contribution in [3.05, 3.63) is 65.2 Å². The number of primary amides is 1. The molecule has 0 bridgehead atoms. The number of carbonyl (C=O) groups excluding carboxylic acids is 1. The van der Waals surface area contributed by atoms with E-state index in [1.165, 1.54) is 12.3 Å². The molecule has 0 saturated heterocycles. The molecule has 2 rings (SSSR count). The van der Waals surface area contributed by atoms with Crippen LogP contribution in [0.2, 0.25) is 0 Å². The van der Waals surface area contributed by atoms with Crippen LogP contribution in [0.15, 0.2) is 42.6 Å². The summed E-state index contributed by atoms with van der Waals surface area (Å²) >= 11 is 0. The Bertz CT molecular complexity index is 520. The highest BCUT2D eigenvalue weighted by Crippen LogP contribution is 2.10. The average molecular weight is 230 g/mol. The fourth-order valence-electron chi connectivity index (χ4n) is 1.53. The lowest BCUT2D eigenvalue weighted by atomic mass is 10.0. The molecule has 0 aliphatic rings. The van der Waals surface area contributed by atoms with Crippen molar-refractivity contribution in [1.82, 2.24) is 4.98 Å². The van der Waals surface area contributed by atoms with Crippen LogP contribution in [0.4, 0.5) is 4.39 Å². The van der Waals surface area contributed by atoms with Crippen LogP contribution in [0.1, 0.15) is 21.5 Å². The predicted molar refractivity (Wildman–Crippen MR) is 62.0 cm³/mol. The zero-order chi connectivity index (χ0) is 12.3. The lowest BCUT2D eigenvalue weighted by Crippen LogP contribution is -2.10. The number of pyridine rings is 1. The summed E-state index contributed by atoms with van der Waals surface area (Å²) in [4.78, 5) is 14.5. The highest BCUT2D eigenvalue weighted by Gasteiger charge is 2.01. The minimum Gasteiger partial charge on any atom is -0.366 e. The molecular weight excluding hydrogens is 219 g/mol. The predicted octanol–water partition coefficient (Wildman–Crippen LogP) is 1.91. The Hall–Kier alpha value is -2.23. The van der Waals surface area contributed by atoms with E-state index in [4.69, 9.17) is 5.73 Å². The Kier molecular flexibility index (Phi) is 3.14. The summed E-state index contributed by atoms with van der Waals surface area (Å²) in [5.74, 6) is -0.933. The van der Waals surface area contributed by atoms with Crippen molar-refractivity contribution in [2.75, 3.05) is 0 Å². The maximum Gasteiger partial charge on any atom is 0.248 e. The lowest BCUT2D eigenvalue weighted by molar-refractivity contribution is 0.100. The van der Waals surface area contributed by atoms with Crippen molar-refractivity contribution in [2.45, 2.75) is 6.42 Å². The van der Waals surface area contributed by atoms with Crippen LogP contribution in [-0.2, 0) is 6.42 Å². The topological polar surface area (TPSA) is 56.0 Å². The molecule has 2 aromatic rings. The molecule has 2 N–H and O–H groups in total. The molecule has 1 aromatic carbocycles. The SMILES string of the molecule is NC(=O)c1ccc(Cc2ccc(F)nc2)cc1. The van der Waals surface area contributed by atoms with E-state index in [1.54, 1.807) is 18.2 Å². The van der Waals surface area contributed by atoms with Gasteiger partial charge in [-0.3, -0.25) is 4.79 Å². The number of hydrogen-bond acceptors (Lipinski definition) is 2. The van der Waals surface area contributed by atoms with Crippen LogP contribution >= 0.6 is 0 Å². The first-order valence-corrected chi connectivity index (χ1v) is 5.14. The summed E-state index contributed by atoms with van der Waals surface area (Å²) in [5.41, 5.74) is 7.55. The number of amides is 1. The molecule has 1 aromatic heterocycles. The maximum absolute atomic E-state index is 12.6. The monoisotopic (exact) mass is 230 g/mol. The van der Waals surface area contributed by atoms with E-state index in [0.29, 0.717) is 12.0 Å². The van der Waals surface area contributed by atoms with Crippen LogP contribution in [0.25, 0.3) is 0 Å². The first kappa shape index (κ1) is 11.3. The van der Waals surface area contributed by atoms with E-state index >= 15 is 0 Å². The van der Waals surface area contributed by atoms with Crippen LogP contribution in [0.3, 0.4) is 0 Å². The Labute approximate surface area is 98.1 Å². The molecule has 17 heavy (non-hydrogen) atoms. The second kappa shape index (κ2) is 4.74. The molecule has 3 nitrogen and oxygen atoms in total. The van der Waals surface area contributed by atoms with Gasteiger partial charge in [-0.15, -0.1) is 0 Å². The van der Waals surface area contributed by atoms with Crippen molar-refractivity contribution in [1.29, 1.82) is 0 Å². The molecule has 0 aliphatic heterocycles. The van der Waals surface area contributed by atoms with Gasteiger partial charge < -0.3 is 5.73 Å². The second-order valence-corrected chi connectivity index (χ2v) is 3.73. The third-order valence-corrected chi connectivity index (χ3v) is 2.44. The number of rotatable bonds is 3. The van der Waals surface area contributed by atoms with Crippen LogP contribution in [-0.4, -0.2) is 10.9 Å². The van der Waals surface area contributed by atoms with Gasteiger partial charge in [-0.25, -0.2) is 4.98 Å². The Morgan fingerprint density at radius 3 is 2.29 bits per heavy atom. The van der Waals surface area contributed by atoms with Gasteiger partial charge in [-0.05, 0) is 35.7 Å². The van der Waals surface area contributed by atoms with Gasteiger partial charge >= 0.3 is 0 Å². The highest BCUT2D eigenvalue weighted by atomic mass is 19.1. The van der Waals surface area contributed by atoms with E-state index in [1.807, 2.05) is 12.1 Å². The van der Waals surface area contributed by atoms with E-state index in [-0.39, 0.29) is 0 Å². The molecule has 0 aliphatic carbocycles. The van der Waals surface area contributed by atoms with E-state index in [2.05, 4.69) is 4.98 Å². The normalized spacial score (nSPS) is 10.2. The molecule has 0 unspecified atom stereocenters. The van der Waals surface area contributed by atoms with Crippen molar-refractivity contribution < 1.29 is 9.18 Å². The number of aromatic nitrogens is 1. The molecule has 0 fully saturated rings. The number of halogens is 1. The van der Waals surface area contributed by atoms with Gasteiger partial charge in [-0.2, -0.15) is 4.39 Å². The fourth-order valence-corrected chi connectivity index (χ4v) is 1.53. The molecule has 0 saturated carbocycles. The molecule has 1 heterocycles. The summed E-state index contributed by atoms with van der Waals surface area (Å²) in [7, 11) is 0. The third kappa shape index (κ3) is 2.87. The maximum atomic E-state index is 12.6. The van der Waals surface area contributed by atoms with Crippen LogP contribution in [0, 0.1) is 5.95 Å². The summed E-state index contributed by atoms with van der Waals surface area (Å²) in [6.45, 7) is 0. The Balaban J connectivity index is 2.13. The first-order valence-electron chi connectivity index (χ1n) is 5.14. The lowest BCUT2D eigenvalue weighted by Gasteiger charge is -2.02. The Morgan fingerprint density at radius 2 is 1.76 bits per heavy atom. The van der Waals surface area contributed by atoms with Crippen molar-refractivity contribution in [3.8, 4) is 0 Å². The molecule has 0 atom stereocenters. The van der Waals surface area contributed by atoms with Gasteiger partial charge in [-0.1, -0.05) is 18.2 Å². The van der Waals surface area contributed by atoms with Gasteiger partial charge in [0, 0.05) is 11.8 Å². The van der Waals surface area contributed by atoms with E-state index in [9.17, 15) is 9.18 Å². The van der Waals surface area contributed by atoms with Crippen molar-refractivity contribution in [3.63, 3.8) is 0 Å². The highest BCUT2D eigenvalue weighted by molar-refractivity contribution is 5.92. The van der Waals surface area contributed by atoms with Crippen LogP contribution < -0.4 is 5.73 Å². The van der Waals surface area contributed by atoms with Gasteiger partial charge in [0.15, 0.2) is 0 Å². The van der Waals surface area contributed by atoms with Crippen LogP contribution in [0.5, 0.6) is 0 Å². The molecule has 0 radical (unpaired) electrons. The standard InChI is InChI=1S/C13H11FN2O/c14-12-6-3-10(8-16-12)7-9-1-4-11(5-2-9)13(15)17/h1-6,8H,7H2,(H2,15,17). The van der Waals surface area contributed by atoms with Gasteiger partial charge in [0.1, 0.15) is 0 Å². The molecule has 4 heteroatoms. The number of carbonyl (C=O) groups is 1. The number of nitrogens with two attached hydrogens (primary N) is 1. The van der Waals surface area contributed by atoms with Gasteiger partial charge in [0.2, 0.25) is 11.9 Å². The molecule has 1 amide bonds. The van der Waals surface area contributed by atoms with E-state index in [0.717, 1.165) is 11.1 Å². The second-order valence-electron chi connectivity index (χ2n) is 3.73. The Morgan fingerprint density at radius 1 is 1.12 bits per heavy atom. The van der Waals surface area contributed by atoms with E-state index < -0.39 is 11.9 Å². The average Bonchev–Trinajstić information content (AvgIpc) is 2.33. The largest absolute Gasteiger partial charge is 0.366 e. The minimum absolute atomic E-state index is 0.444. The number of hydrogen-bond donors (Lipinski definition) is 1. The first-order chi connectivity index (χ1) is 8.15. The van der Waals surface area contributed by atoms with Crippen molar-refractivity contribution in [2.24, 2.45) is 5.73 Å². The summed E-state index contributed by atoms with van der Waals surface area (Å²) in [6.07, 6.45) is 2.14. The third-order valence-electron chi connectivity index (χ3n) is 2.44. The zero-order valence-corrected chi connectivity index (χ0v) is 9.06. The van der Waals surface area contributed by atoms with Crippen molar-refractivity contribution >= 4 is 5.91 Å². The molecule has 0 spiro atoms. The fraction of sp³-hybridized carbons (Fsp3) is 0.0769. The molecule has 86 valence electrons.